The molecule has 1 aromatic carbocycles. The number of fused-ring (bicyclic) bond motifs is 1. The summed E-state index contributed by atoms with van der Waals surface area (Å²) in [4.78, 5) is 26.8. The van der Waals surface area contributed by atoms with Crippen molar-refractivity contribution in [2.45, 2.75) is 26.3 Å². The van der Waals surface area contributed by atoms with Gasteiger partial charge in [-0.05, 0) is 37.8 Å². The minimum absolute atomic E-state index is 0.364. The standard InChI is InChI=1S/C29H32ClN7O4/c1-6-23(38)34-20-15-33-37(9-10-39-3)27(20)29-32-14-18-11-19(35-28(26(18)36-29)31-13-17-7-8-17)24-16(2)21(40-4)12-22(41-5)25(24)30/h6,11-12,14-15,17H,1,7-10,13H2,2-5H3,(H,31,35)(H,34,38). The number of nitrogens with one attached hydrogen (secondary N) is 2. The van der Waals surface area contributed by atoms with Crippen LogP contribution in [0.2, 0.25) is 5.02 Å². The minimum Gasteiger partial charge on any atom is -0.496 e. The van der Waals surface area contributed by atoms with Gasteiger partial charge in [0, 0.05) is 42.4 Å². The molecule has 0 bridgehead atoms. The summed E-state index contributed by atoms with van der Waals surface area (Å²) in [6.07, 6.45) is 6.85. The maximum atomic E-state index is 12.1. The van der Waals surface area contributed by atoms with E-state index in [0.717, 1.165) is 17.5 Å². The highest BCUT2D eigenvalue weighted by Gasteiger charge is 2.24. The van der Waals surface area contributed by atoms with Gasteiger partial charge >= 0.3 is 0 Å². The third-order valence-electron chi connectivity index (χ3n) is 6.96. The molecule has 3 heterocycles. The van der Waals surface area contributed by atoms with E-state index in [1.165, 1.54) is 18.9 Å². The average Bonchev–Trinajstić information content (AvgIpc) is 3.73. The fourth-order valence-electron chi connectivity index (χ4n) is 4.58. The fraction of sp³-hybridized carbons (Fsp3) is 0.345. The first-order valence-electron chi connectivity index (χ1n) is 13.2. The van der Waals surface area contributed by atoms with Crippen molar-refractivity contribution in [1.82, 2.24) is 24.7 Å². The lowest BCUT2D eigenvalue weighted by atomic mass is 10.0. The van der Waals surface area contributed by atoms with Crippen LogP contribution in [-0.4, -0.2) is 65.1 Å². The van der Waals surface area contributed by atoms with E-state index in [1.807, 2.05) is 13.0 Å². The number of hydrogen-bond acceptors (Lipinski definition) is 9. The van der Waals surface area contributed by atoms with Crippen LogP contribution in [0.25, 0.3) is 33.7 Å². The molecule has 0 spiro atoms. The second-order valence-electron chi connectivity index (χ2n) is 9.72. The van der Waals surface area contributed by atoms with Crippen LogP contribution >= 0.6 is 11.6 Å². The summed E-state index contributed by atoms with van der Waals surface area (Å²) in [6.45, 7) is 7.10. The van der Waals surface area contributed by atoms with Gasteiger partial charge in [0.25, 0.3) is 0 Å². The maximum absolute atomic E-state index is 12.1. The molecule has 0 unspecified atom stereocenters. The summed E-state index contributed by atoms with van der Waals surface area (Å²) in [7, 11) is 4.78. The van der Waals surface area contributed by atoms with E-state index < -0.39 is 0 Å². The third kappa shape index (κ3) is 5.82. The van der Waals surface area contributed by atoms with E-state index >= 15 is 0 Å². The zero-order valence-electron chi connectivity index (χ0n) is 23.5. The van der Waals surface area contributed by atoms with Crippen molar-refractivity contribution in [3.05, 3.63) is 47.8 Å². The smallest absolute Gasteiger partial charge is 0.247 e. The Balaban J connectivity index is 1.68. The molecule has 1 fully saturated rings. The Hall–Kier alpha value is -4.22. The van der Waals surface area contributed by atoms with E-state index in [2.05, 4.69) is 27.3 Å². The summed E-state index contributed by atoms with van der Waals surface area (Å²) in [5.41, 5.74) is 3.82. The number of amides is 1. The van der Waals surface area contributed by atoms with Crippen LogP contribution in [0.3, 0.4) is 0 Å². The number of nitrogens with zero attached hydrogens (tertiary/aromatic N) is 5. The van der Waals surface area contributed by atoms with E-state index in [0.29, 0.717) is 75.4 Å². The Kier molecular flexibility index (Phi) is 8.36. The van der Waals surface area contributed by atoms with Crippen molar-refractivity contribution in [3.63, 3.8) is 0 Å². The number of carbonyl (C=O) groups is 1. The van der Waals surface area contributed by atoms with E-state index in [9.17, 15) is 4.79 Å². The Morgan fingerprint density at radius 1 is 1.17 bits per heavy atom. The Bertz CT molecular complexity index is 1590. The van der Waals surface area contributed by atoms with Gasteiger partial charge in [-0.3, -0.25) is 9.48 Å². The Labute approximate surface area is 242 Å². The van der Waals surface area contributed by atoms with Gasteiger partial charge in [0.05, 0.1) is 50.0 Å². The molecule has 1 saturated carbocycles. The van der Waals surface area contributed by atoms with Crippen molar-refractivity contribution in [3.8, 4) is 34.3 Å². The highest BCUT2D eigenvalue weighted by atomic mass is 35.5. The van der Waals surface area contributed by atoms with Gasteiger partial charge < -0.3 is 24.8 Å². The van der Waals surface area contributed by atoms with Crippen LogP contribution < -0.4 is 20.1 Å². The number of hydrogen-bond donors (Lipinski definition) is 2. The molecule has 11 nitrogen and oxygen atoms in total. The van der Waals surface area contributed by atoms with Crippen LogP contribution in [0.4, 0.5) is 11.5 Å². The number of carbonyl (C=O) groups excluding carboxylic acids is 1. The summed E-state index contributed by atoms with van der Waals surface area (Å²) >= 11 is 6.81. The lowest BCUT2D eigenvalue weighted by Gasteiger charge is -2.17. The Morgan fingerprint density at radius 3 is 2.63 bits per heavy atom. The SMILES string of the molecule is C=CC(=O)Nc1cnn(CCOC)c1-c1ncc2cc(-c3c(C)c(OC)cc(OC)c3Cl)nc(NCC3CC3)c2n1. The predicted octanol–water partition coefficient (Wildman–Crippen LogP) is 5.13. The highest BCUT2D eigenvalue weighted by molar-refractivity contribution is 6.35. The van der Waals surface area contributed by atoms with Crippen molar-refractivity contribution in [2.24, 2.45) is 5.92 Å². The lowest BCUT2D eigenvalue weighted by molar-refractivity contribution is -0.111. The van der Waals surface area contributed by atoms with Crippen molar-refractivity contribution in [2.75, 3.05) is 45.1 Å². The largest absolute Gasteiger partial charge is 0.496 e. The average molecular weight is 578 g/mol. The van der Waals surface area contributed by atoms with Gasteiger partial charge in [0.1, 0.15) is 22.7 Å². The van der Waals surface area contributed by atoms with Crippen molar-refractivity contribution < 1.29 is 19.0 Å². The van der Waals surface area contributed by atoms with Gasteiger partial charge in [0.2, 0.25) is 5.91 Å². The molecule has 1 aliphatic carbocycles. The first-order valence-corrected chi connectivity index (χ1v) is 13.6. The van der Waals surface area contributed by atoms with E-state index in [4.69, 9.17) is 35.8 Å². The van der Waals surface area contributed by atoms with Gasteiger partial charge in [-0.2, -0.15) is 5.10 Å². The molecule has 1 aliphatic rings. The number of ether oxygens (including phenoxy) is 3. The predicted molar refractivity (Wildman–Crippen MR) is 159 cm³/mol. The molecule has 1 amide bonds. The highest BCUT2D eigenvalue weighted by Crippen LogP contribution is 2.43. The second kappa shape index (κ2) is 12.1. The van der Waals surface area contributed by atoms with Crippen LogP contribution in [0.1, 0.15) is 18.4 Å². The van der Waals surface area contributed by atoms with Crippen molar-refractivity contribution >= 4 is 39.9 Å². The monoisotopic (exact) mass is 577 g/mol. The van der Waals surface area contributed by atoms with Gasteiger partial charge in [0.15, 0.2) is 11.6 Å². The van der Waals surface area contributed by atoms with Gasteiger partial charge in [-0.15, -0.1) is 0 Å². The Morgan fingerprint density at radius 2 is 1.95 bits per heavy atom. The molecular weight excluding hydrogens is 546 g/mol. The molecule has 4 aromatic rings. The van der Waals surface area contributed by atoms with Crippen molar-refractivity contribution in [1.29, 1.82) is 0 Å². The number of anilines is 2. The third-order valence-corrected chi connectivity index (χ3v) is 7.34. The molecule has 41 heavy (non-hydrogen) atoms. The molecule has 0 radical (unpaired) electrons. The molecule has 0 aliphatic heterocycles. The maximum Gasteiger partial charge on any atom is 0.247 e. The topological polar surface area (TPSA) is 125 Å². The van der Waals surface area contributed by atoms with Crippen LogP contribution in [0, 0.1) is 12.8 Å². The van der Waals surface area contributed by atoms with Crippen LogP contribution in [0.5, 0.6) is 11.5 Å². The first kappa shape index (κ1) is 28.3. The number of rotatable bonds is 12. The molecule has 5 rings (SSSR count). The quantitative estimate of drug-likeness (QED) is 0.220. The van der Waals surface area contributed by atoms with Crippen LogP contribution in [0.15, 0.2) is 37.2 Å². The molecule has 3 aromatic heterocycles. The molecule has 12 heteroatoms. The summed E-state index contributed by atoms with van der Waals surface area (Å²) in [5, 5.41) is 11.9. The van der Waals surface area contributed by atoms with E-state index in [1.54, 1.807) is 44.5 Å². The summed E-state index contributed by atoms with van der Waals surface area (Å²) in [6, 6.07) is 3.66. The molecule has 0 atom stereocenters. The summed E-state index contributed by atoms with van der Waals surface area (Å²) in [5.74, 6) is 2.34. The fourth-order valence-corrected chi connectivity index (χ4v) is 4.95. The van der Waals surface area contributed by atoms with Gasteiger partial charge in [-0.1, -0.05) is 18.2 Å². The first-order chi connectivity index (χ1) is 19.9. The minimum atomic E-state index is -0.364. The molecule has 0 saturated heterocycles. The molecular formula is C29H32ClN7O4. The normalized spacial score (nSPS) is 12.8. The second-order valence-corrected chi connectivity index (χ2v) is 10.1. The zero-order chi connectivity index (χ0) is 29.1. The van der Waals surface area contributed by atoms with E-state index in [-0.39, 0.29) is 5.91 Å². The molecule has 2 N–H and O–H groups in total. The number of halogens is 1. The summed E-state index contributed by atoms with van der Waals surface area (Å²) < 4.78 is 18.1. The number of methoxy groups -OCH3 is 3. The lowest BCUT2D eigenvalue weighted by Crippen LogP contribution is -2.12. The number of aromatic nitrogens is 5. The number of pyridine rings is 1. The number of benzene rings is 1. The molecule has 214 valence electrons. The van der Waals surface area contributed by atoms with Gasteiger partial charge in [-0.25, -0.2) is 15.0 Å². The zero-order valence-corrected chi connectivity index (χ0v) is 24.2. The van der Waals surface area contributed by atoms with Crippen LogP contribution in [-0.2, 0) is 16.1 Å².